The predicted octanol–water partition coefficient (Wildman–Crippen LogP) is -0.206. The molecular formula is C13H21N3O5. The first-order chi connectivity index (χ1) is 9.97. The zero-order chi connectivity index (χ0) is 15.4. The van der Waals surface area contributed by atoms with Gasteiger partial charge in [-0.3, -0.25) is 9.69 Å². The monoisotopic (exact) mass is 299 g/mol. The maximum Gasteiger partial charge on any atom is 0.326 e. The molecule has 1 unspecified atom stereocenters. The van der Waals surface area contributed by atoms with Gasteiger partial charge in [-0.15, -0.1) is 0 Å². The number of amides is 2. The van der Waals surface area contributed by atoms with Crippen LogP contribution in [0.1, 0.15) is 25.7 Å². The number of likely N-dealkylation sites (tertiary alicyclic amines) is 2. The van der Waals surface area contributed by atoms with Gasteiger partial charge < -0.3 is 20.4 Å². The molecule has 0 aliphatic carbocycles. The van der Waals surface area contributed by atoms with Crippen LogP contribution in [0, 0.1) is 0 Å². The van der Waals surface area contributed by atoms with E-state index in [0.29, 0.717) is 19.1 Å². The first kappa shape index (κ1) is 15.6. The molecule has 2 amide bonds. The van der Waals surface area contributed by atoms with E-state index in [9.17, 15) is 14.4 Å². The van der Waals surface area contributed by atoms with E-state index in [-0.39, 0.29) is 0 Å². The number of rotatable bonds is 5. The lowest BCUT2D eigenvalue weighted by Gasteiger charge is -2.24. The Morgan fingerprint density at radius 3 is 2.38 bits per heavy atom. The Labute approximate surface area is 122 Å². The van der Waals surface area contributed by atoms with E-state index < -0.39 is 30.4 Å². The van der Waals surface area contributed by atoms with Crippen LogP contribution in [0.3, 0.4) is 0 Å². The second-order valence-corrected chi connectivity index (χ2v) is 5.57. The first-order valence-electron chi connectivity index (χ1n) is 7.21. The molecule has 2 fully saturated rings. The third kappa shape index (κ3) is 4.07. The van der Waals surface area contributed by atoms with Gasteiger partial charge in [0.05, 0.1) is 6.42 Å². The fourth-order valence-corrected chi connectivity index (χ4v) is 2.95. The number of carboxylic acids is 2. The molecule has 0 aromatic carbocycles. The highest BCUT2D eigenvalue weighted by atomic mass is 16.4. The van der Waals surface area contributed by atoms with Crippen molar-refractivity contribution in [1.29, 1.82) is 0 Å². The molecule has 0 bridgehead atoms. The van der Waals surface area contributed by atoms with E-state index >= 15 is 0 Å². The minimum atomic E-state index is -1.39. The summed E-state index contributed by atoms with van der Waals surface area (Å²) in [6, 6.07) is -1.55. The van der Waals surface area contributed by atoms with Crippen LogP contribution in [-0.4, -0.2) is 76.2 Å². The van der Waals surface area contributed by atoms with Crippen molar-refractivity contribution in [3.8, 4) is 0 Å². The Morgan fingerprint density at radius 2 is 1.81 bits per heavy atom. The SMILES string of the molecule is O=C(O)C[C@H](NC(=O)N1CCC(N2CCCC2)C1)C(=O)O. The van der Waals surface area contributed by atoms with E-state index in [2.05, 4.69) is 10.2 Å². The minimum absolute atomic E-state index is 0.334. The summed E-state index contributed by atoms with van der Waals surface area (Å²) < 4.78 is 0. The van der Waals surface area contributed by atoms with Crippen molar-refractivity contribution >= 4 is 18.0 Å². The minimum Gasteiger partial charge on any atom is -0.481 e. The molecule has 2 saturated heterocycles. The maximum absolute atomic E-state index is 12.0. The maximum atomic E-state index is 12.0. The van der Waals surface area contributed by atoms with E-state index in [1.807, 2.05) is 0 Å². The number of carbonyl (C=O) groups excluding carboxylic acids is 1. The molecule has 21 heavy (non-hydrogen) atoms. The fraction of sp³-hybridized carbons (Fsp3) is 0.769. The quantitative estimate of drug-likeness (QED) is 0.648. The van der Waals surface area contributed by atoms with Gasteiger partial charge in [0.1, 0.15) is 6.04 Å². The molecule has 0 radical (unpaired) electrons. The molecule has 3 N–H and O–H groups in total. The molecular weight excluding hydrogens is 278 g/mol. The number of hydrogen-bond donors (Lipinski definition) is 3. The second-order valence-electron chi connectivity index (χ2n) is 5.57. The topological polar surface area (TPSA) is 110 Å². The lowest BCUT2D eigenvalue weighted by atomic mass is 10.2. The predicted molar refractivity (Wildman–Crippen MR) is 73.0 cm³/mol. The van der Waals surface area contributed by atoms with Gasteiger partial charge >= 0.3 is 18.0 Å². The molecule has 2 rings (SSSR count). The number of urea groups is 1. The van der Waals surface area contributed by atoms with E-state index in [1.165, 1.54) is 12.8 Å². The number of nitrogens with one attached hydrogen (secondary N) is 1. The summed E-state index contributed by atoms with van der Waals surface area (Å²) in [5, 5.41) is 19.9. The largest absolute Gasteiger partial charge is 0.481 e. The average molecular weight is 299 g/mol. The number of aliphatic carboxylic acids is 2. The van der Waals surface area contributed by atoms with Crippen molar-refractivity contribution < 1.29 is 24.6 Å². The van der Waals surface area contributed by atoms with E-state index in [1.54, 1.807) is 4.90 Å². The molecule has 2 atom stereocenters. The van der Waals surface area contributed by atoms with Gasteiger partial charge in [-0.25, -0.2) is 9.59 Å². The van der Waals surface area contributed by atoms with E-state index in [0.717, 1.165) is 19.5 Å². The Kier molecular flexibility index (Phi) is 5.00. The molecule has 0 aromatic rings. The number of carbonyl (C=O) groups is 3. The smallest absolute Gasteiger partial charge is 0.326 e. The molecule has 0 spiro atoms. The molecule has 2 heterocycles. The fourth-order valence-electron chi connectivity index (χ4n) is 2.95. The Bertz CT molecular complexity index is 422. The Morgan fingerprint density at radius 1 is 1.14 bits per heavy atom. The molecule has 2 aliphatic rings. The molecule has 118 valence electrons. The molecule has 8 heteroatoms. The van der Waals surface area contributed by atoms with Crippen molar-refractivity contribution in [3.63, 3.8) is 0 Å². The number of carboxylic acid groups (broad SMARTS) is 2. The normalized spacial score (nSPS) is 24.0. The van der Waals surface area contributed by atoms with Crippen LogP contribution in [0.15, 0.2) is 0 Å². The average Bonchev–Trinajstić information content (AvgIpc) is 3.08. The van der Waals surface area contributed by atoms with Gasteiger partial charge in [0.25, 0.3) is 0 Å². The summed E-state index contributed by atoms with van der Waals surface area (Å²) in [5.74, 6) is -2.58. The first-order valence-corrected chi connectivity index (χ1v) is 7.21. The van der Waals surface area contributed by atoms with E-state index in [4.69, 9.17) is 10.2 Å². The Hall–Kier alpha value is -1.83. The van der Waals surface area contributed by atoms with Gasteiger partial charge in [-0.1, -0.05) is 0 Å². The number of hydrogen-bond acceptors (Lipinski definition) is 4. The highest BCUT2D eigenvalue weighted by Gasteiger charge is 2.33. The van der Waals surface area contributed by atoms with Crippen LogP contribution in [0.4, 0.5) is 4.79 Å². The highest BCUT2D eigenvalue weighted by molar-refractivity contribution is 5.86. The highest BCUT2D eigenvalue weighted by Crippen LogP contribution is 2.20. The summed E-state index contributed by atoms with van der Waals surface area (Å²) in [7, 11) is 0. The summed E-state index contributed by atoms with van der Waals surface area (Å²) in [4.78, 5) is 37.5. The van der Waals surface area contributed by atoms with Gasteiger partial charge in [0.2, 0.25) is 0 Å². The summed E-state index contributed by atoms with van der Waals surface area (Å²) in [6.07, 6.45) is 2.62. The standard InChI is InChI=1S/C13H21N3O5/c17-11(18)7-10(12(19)20)14-13(21)16-6-3-9(8-16)15-4-1-2-5-15/h9-10H,1-8H2,(H,14,21)(H,17,18)(H,19,20)/t9?,10-/m0/s1. The third-order valence-corrected chi connectivity index (χ3v) is 4.08. The van der Waals surface area contributed by atoms with Gasteiger partial charge in [-0.2, -0.15) is 0 Å². The molecule has 0 saturated carbocycles. The van der Waals surface area contributed by atoms with Crippen molar-refractivity contribution in [2.45, 2.75) is 37.8 Å². The van der Waals surface area contributed by atoms with Crippen molar-refractivity contribution in [2.75, 3.05) is 26.2 Å². The summed E-state index contributed by atoms with van der Waals surface area (Å²) in [5.41, 5.74) is 0. The molecule has 2 aliphatic heterocycles. The van der Waals surface area contributed by atoms with Gasteiger partial charge in [-0.05, 0) is 32.4 Å². The summed E-state index contributed by atoms with van der Waals surface area (Å²) in [6.45, 7) is 3.26. The van der Waals surface area contributed by atoms with Crippen LogP contribution < -0.4 is 5.32 Å². The zero-order valence-electron chi connectivity index (χ0n) is 11.8. The lowest BCUT2D eigenvalue weighted by molar-refractivity contribution is -0.145. The second kappa shape index (κ2) is 6.75. The van der Waals surface area contributed by atoms with Crippen LogP contribution >= 0.6 is 0 Å². The van der Waals surface area contributed by atoms with Crippen molar-refractivity contribution in [1.82, 2.24) is 15.1 Å². The third-order valence-electron chi connectivity index (χ3n) is 4.08. The molecule has 0 aromatic heterocycles. The lowest BCUT2D eigenvalue weighted by Crippen LogP contribution is -2.48. The molecule has 8 nitrogen and oxygen atoms in total. The van der Waals surface area contributed by atoms with Gasteiger partial charge in [0.15, 0.2) is 0 Å². The van der Waals surface area contributed by atoms with Gasteiger partial charge in [0, 0.05) is 19.1 Å². The van der Waals surface area contributed by atoms with Crippen LogP contribution in [0.2, 0.25) is 0 Å². The van der Waals surface area contributed by atoms with Crippen LogP contribution in [-0.2, 0) is 9.59 Å². The van der Waals surface area contributed by atoms with Crippen molar-refractivity contribution in [3.05, 3.63) is 0 Å². The number of nitrogens with zero attached hydrogens (tertiary/aromatic N) is 2. The Balaban J connectivity index is 1.85. The van der Waals surface area contributed by atoms with Crippen LogP contribution in [0.25, 0.3) is 0 Å². The van der Waals surface area contributed by atoms with Crippen molar-refractivity contribution in [2.24, 2.45) is 0 Å². The van der Waals surface area contributed by atoms with Crippen LogP contribution in [0.5, 0.6) is 0 Å². The summed E-state index contributed by atoms with van der Waals surface area (Å²) >= 11 is 0. The zero-order valence-corrected chi connectivity index (χ0v) is 11.8.